The molecule has 0 spiro atoms. The van der Waals surface area contributed by atoms with E-state index in [1.807, 2.05) is 13.8 Å². The number of hydrogen-bond donors (Lipinski definition) is 3. The lowest BCUT2D eigenvalue weighted by Gasteiger charge is -2.23. The molecule has 1 aromatic carbocycles. The predicted molar refractivity (Wildman–Crippen MR) is 84.1 cm³/mol. The second-order valence-electron chi connectivity index (χ2n) is 6.59. The molecular weight excluding hydrogens is 302 g/mol. The zero-order chi connectivity index (χ0) is 17.0. The molecule has 1 unspecified atom stereocenters. The quantitative estimate of drug-likeness (QED) is 0.721. The molecule has 0 aliphatic heterocycles. The standard InChI is InChI=1S/C17H24F2N2O2/c1-11(2)15(5-8-22)21-16(23)20-10-17(6-7-17)13-4-3-12(18)9-14(13)19/h3-4,9,11,15,22H,5-8,10H2,1-2H3,(H2,20,21,23). The lowest BCUT2D eigenvalue weighted by molar-refractivity contribution is 0.218. The third-order valence-electron chi connectivity index (χ3n) is 4.50. The fourth-order valence-electron chi connectivity index (χ4n) is 2.79. The summed E-state index contributed by atoms with van der Waals surface area (Å²) in [4.78, 5) is 12.0. The van der Waals surface area contributed by atoms with E-state index in [1.54, 1.807) is 0 Å². The molecule has 4 nitrogen and oxygen atoms in total. The highest BCUT2D eigenvalue weighted by Crippen LogP contribution is 2.48. The number of aliphatic hydroxyl groups excluding tert-OH is 1. The van der Waals surface area contributed by atoms with Crippen molar-refractivity contribution in [2.75, 3.05) is 13.2 Å². The van der Waals surface area contributed by atoms with E-state index in [0.29, 0.717) is 18.5 Å². The van der Waals surface area contributed by atoms with Crippen molar-refractivity contribution in [3.63, 3.8) is 0 Å². The first-order valence-corrected chi connectivity index (χ1v) is 7.99. The number of urea groups is 1. The zero-order valence-corrected chi connectivity index (χ0v) is 13.5. The van der Waals surface area contributed by atoms with E-state index in [1.165, 1.54) is 12.1 Å². The number of rotatable bonds is 7. The predicted octanol–water partition coefficient (Wildman–Crippen LogP) is 2.70. The van der Waals surface area contributed by atoms with Gasteiger partial charge in [-0.2, -0.15) is 0 Å². The van der Waals surface area contributed by atoms with Gasteiger partial charge in [0, 0.05) is 30.7 Å². The van der Waals surface area contributed by atoms with Crippen LogP contribution >= 0.6 is 0 Å². The Labute approximate surface area is 135 Å². The summed E-state index contributed by atoms with van der Waals surface area (Å²) in [6.45, 7) is 4.26. The number of carbonyl (C=O) groups is 1. The van der Waals surface area contributed by atoms with Crippen molar-refractivity contribution in [1.29, 1.82) is 0 Å². The monoisotopic (exact) mass is 326 g/mol. The van der Waals surface area contributed by atoms with Crippen LogP contribution in [0, 0.1) is 17.6 Å². The average Bonchev–Trinajstić information content (AvgIpc) is 3.25. The second-order valence-corrected chi connectivity index (χ2v) is 6.59. The van der Waals surface area contributed by atoms with E-state index in [9.17, 15) is 13.6 Å². The van der Waals surface area contributed by atoms with Crippen LogP contribution in [0.2, 0.25) is 0 Å². The molecular formula is C17H24F2N2O2. The Hall–Kier alpha value is -1.69. The molecule has 128 valence electrons. The van der Waals surface area contributed by atoms with Crippen molar-refractivity contribution in [2.45, 2.75) is 44.6 Å². The Morgan fingerprint density at radius 3 is 2.57 bits per heavy atom. The van der Waals surface area contributed by atoms with Crippen LogP contribution in [0.1, 0.15) is 38.7 Å². The molecule has 1 aliphatic carbocycles. The molecule has 1 fully saturated rings. The van der Waals surface area contributed by atoms with Gasteiger partial charge in [-0.05, 0) is 36.8 Å². The number of benzene rings is 1. The van der Waals surface area contributed by atoms with Crippen molar-refractivity contribution in [3.05, 3.63) is 35.4 Å². The minimum absolute atomic E-state index is 0.00779. The first-order chi connectivity index (χ1) is 10.9. The van der Waals surface area contributed by atoms with E-state index >= 15 is 0 Å². The molecule has 2 amide bonds. The molecule has 0 saturated heterocycles. The number of carbonyl (C=O) groups excluding carboxylic acids is 1. The Morgan fingerprint density at radius 2 is 2.04 bits per heavy atom. The maximum Gasteiger partial charge on any atom is 0.315 e. The van der Waals surface area contributed by atoms with E-state index < -0.39 is 17.0 Å². The van der Waals surface area contributed by atoms with Crippen LogP contribution in [-0.4, -0.2) is 30.3 Å². The summed E-state index contributed by atoms with van der Waals surface area (Å²) in [5, 5.41) is 14.6. The Kier molecular flexibility index (Phi) is 5.57. The number of halogens is 2. The highest BCUT2D eigenvalue weighted by atomic mass is 19.1. The summed E-state index contributed by atoms with van der Waals surface area (Å²) in [5.41, 5.74) is 0.0226. The molecule has 1 aliphatic rings. The Balaban J connectivity index is 1.93. The summed E-state index contributed by atoms with van der Waals surface area (Å²) in [6, 6.07) is 3.14. The van der Waals surface area contributed by atoms with Gasteiger partial charge in [-0.15, -0.1) is 0 Å². The third-order valence-corrected chi connectivity index (χ3v) is 4.50. The molecule has 23 heavy (non-hydrogen) atoms. The highest BCUT2D eigenvalue weighted by molar-refractivity contribution is 5.74. The van der Waals surface area contributed by atoms with Gasteiger partial charge in [0.2, 0.25) is 0 Å². The average molecular weight is 326 g/mol. The van der Waals surface area contributed by atoms with Gasteiger partial charge in [0.1, 0.15) is 11.6 Å². The third kappa shape index (κ3) is 4.41. The fraction of sp³-hybridized carbons (Fsp3) is 0.588. The molecule has 0 radical (unpaired) electrons. The maximum atomic E-state index is 13.9. The van der Waals surface area contributed by atoms with Gasteiger partial charge in [0.15, 0.2) is 0 Å². The Morgan fingerprint density at radius 1 is 1.35 bits per heavy atom. The van der Waals surface area contributed by atoms with Crippen LogP contribution in [0.25, 0.3) is 0 Å². The van der Waals surface area contributed by atoms with Crippen molar-refractivity contribution in [1.82, 2.24) is 10.6 Å². The van der Waals surface area contributed by atoms with Crippen molar-refractivity contribution < 1.29 is 18.7 Å². The molecule has 0 bridgehead atoms. The molecule has 6 heteroatoms. The van der Waals surface area contributed by atoms with Crippen molar-refractivity contribution in [2.24, 2.45) is 5.92 Å². The van der Waals surface area contributed by atoms with Crippen LogP contribution in [-0.2, 0) is 5.41 Å². The highest BCUT2D eigenvalue weighted by Gasteiger charge is 2.46. The molecule has 0 aromatic heterocycles. The normalized spacial score (nSPS) is 17.0. The van der Waals surface area contributed by atoms with Gasteiger partial charge in [-0.25, -0.2) is 13.6 Å². The fourth-order valence-corrected chi connectivity index (χ4v) is 2.79. The lowest BCUT2D eigenvalue weighted by Crippen LogP contribution is -2.46. The summed E-state index contributed by atoms with van der Waals surface area (Å²) >= 11 is 0. The van der Waals surface area contributed by atoms with Crippen LogP contribution in [0.4, 0.5) is 13.6 Å². The lowest BCUT2D eigenvalue weighted by atomic mass is 9.95. The van der Waals surface area contributed by atoms with E-state index in [-0.39, 0.29) is 24.6 Å². The van der Waals surface area contributed by atoms with Crippen LogP contribution in [0.5, 0.6) is 0 Å². The second kappa shape index (κ2) is 7.25. The van der Waals surface area contributed by atoms with Crippen molar-refractivity contribution in [3.8, 4) is 0 Å². The number of aliphatic hydroxyl groups is 1. The summed E-state index contributed by atoms with van der Waals surface area (Å²) in [5.74, 6) is -0.959. The van der Waals surface area contributed by atoms with Crippen LogP contribution in [0.3, 0.4) is 0 Å². The SMILES string of the molecule is CC(C)C(CCO)NC(=O)NCC1(c2ccc(F)cc2F)CC1. The van der Waals surface area contributed by atoms with Gasteiger partial charge in [-0.1, -0.05) is 19.9 Å². The molecule has 3 N–H and O–H groups in total. The van der Waals surface area contributed by atoms with Gasteiger partial charge < -0.3 is 15.7 Å². The minimum atomic E-state index is -0.600. The topological polar surface area (TPSA) is 61.4 Å². The van der Waals surface area contributed by atoms with E-state index in [0.717, 1.165) is 18.9 Å². The van der Waals surface area contributed by atoms with Crippen LogP contribution < -0.4 is 10.6 Å². The molecule has 1 saturated carbocycles. The van der Waals surface area contributed by atoms with Gasteiger partial charge in [-0.3, -0.25) is 0 Å². The van der Waals surface area contributed by atoms with E-state index in [2.05, 4.69) is 10.6 Å². The van der Waals surface area contributed by atoms with Crippen molar-refractivity contribution >= 4 is 6.03 Å². The first-order valence-electron chi connectivity index (χ1n) is 7.99. The van der Waals surface area contributed by atoms with Gasteiger partial charge >= 0.3 is 6.03 Å². The molecule has 1 aromatic rings. The number of amides is 2. The van der Waals surface area contributed by atoms with Gasteiger partial charge in [0.25, 0.3) is 0 Å². The minimum Gasteiger partial charge on any atom is -0.396 e. The maximum absolute atomic E-state index is 13.9. The zero-order valence-electron chi connectivity index (χ0n) is 13.5. The smallest absolute Gasteiger partial charge is 0.315 e. The molecule has 1 atom stereocenters. The molecule has 2 rings (SSSR count). The van der Waals surface area contributed by atoms with Gasteiger partial charge in [0.05, 0.1) is 0 Å². The first kappa shape index (κ1) is 17.7. The summed E-state index contributed by atoms with van der Waals surface area (Å²) in [7, 11) is 0. The molecule has 0 heterocycles. The van der Waals surface area contributed by atoms with Crippen LogP contribution in [0.15, 0.2) is 18.2 Å². The summed E-state index contributed by atoms with van der Waals surface area (Å²) < 4.78 is 27.0. The largest absolute Gasteiger partial charge is 0.396 e. The summed E-state index contributed by atoms with van der Waals surface area (Å²) in [6.07, 6.45) is 2.02. The number of nitrogens with one attached hydrogen (secondary N) is 2. The van der Waals surface area contributed by atoms with E-state index in [4.69, 9.17) is 5.11 Å². The number of hydrogen-bond acceptors (Lipinski definition) is 2. The Bertz CT molecular complexity index is 560.